The molecule has 0 saturated carbocycles. The number of fused-ring (bicyclic) bond motifs is 1. The van der Waals surface area contributed by atoms with E-state index in [2.05, 4.69) is 0 Å². The number of piperidine rings is 2. The van der Waals surface area contributed by atoms with Crippen molar-refractivity contribution in [3.8, 4) is 0 Å². The third-order valence-corrected chi connectivity index (χ3v) is 5.97. The van der Waals surface area contributed by atoms with Crippen LogP contribution in [-0.4, -0.2) is 73.1 Å². The Morgan fingerprint density at radius 3 is 2.73 bits per heavy atom. The van der Waals surface area contributed by atoms with Crippen LogP contribution in [0.4, 0.5) is 5.69 Å². The number of hydrogen-bond acceptors (Lipinski definition) is 4. The van der Waals surface area contributed by atoms with E-state index in [0.717, 1.165) is 24.9 Å². The third-order valence-electron chi connectivity index (χ3n) is 5.97. The monoisotopic (exact) mass is 359 g/mol. The van der Waals surface area contributed by atoms with Crippen LogP contribution < -0.4 is 4.90 Å². The van der Waals surface area contributed by atoms with Crippen molar-refractivity contribution in [2.75, 3.05) is 45.2 Å². The summed E-state index contributed by atoms with van der Waals surface area (Å²) >= 11 is 0. The number of aliphatic hydroxyl groups is 1. The summed E-state index contributed by atoms with van der Waals surface area (Å²) in [5.74, 6) is 0.0610. The Kier molecular flexibility index (Phi) is 5.23. The molecular weight excluding hydrogens is 330 g/mol. The van der Waals surface area contributed by atoms with Crippen molar-refractivity contribution in [3.63, 3.8) is 0 Å². The molecule has 2 aliphatic heterocycles. The van der Waals surface area contributed by atoms with Crippen LogP contribution >= 0.6 is 0 Å². The molecule has 2 amide bonds. The molecule has 2 atom stereocenters. The first kappa shape index (κ1) is 18.7. The molecule has 2 fully saturated rings. The van der Waals surface area contributed by atoms with E-state index >= 15 is 0 Å². The number of aliphatic hydroxyl groups excluding tert-OH is 1. The van der Waals surface area contributed by atoms with Gasteiger partial charge in [-0.3, -0.25) is 9.59 Å². The van der Waals surface area contributed by atoms with Crippen LogP contribution in [0.2, 0.25) is 0 Å². The predicted molar refractivity (Wildman–Crippen MR) is 101 cm³/mol. The maximum Gasteiger partial charge on any atom is 0.254 e. The fourth-order valence-corrected chi connectivity index (χ4v) is 4.47. The molecule has 142 valence electrons. The number of rotatable bonds is 3. The van der Waals surface area contributed by atoms with Crippen molar-refractivity contribution >= 4 is 17.5 Å². The Hall–Kier alpha value is -2.08. The zero-order chi connectivity index (χ0) is 18.9. The maximum atomic E-state index is 13.2. The summed E-state index contributed by atoms with van der Waals surface area (Å²) in [4.78, 5) is 30.8. The number of carbonyl (C=O) groups excluding carboxylic acids is 2. The summed E-state index contributed by atoms with van der Waals surface area (Å²) in [6, 6.07) is 7.64. The Morgan fingerprint density at radius 1 is 1.31 bits per heavy atom. The highest BCUT2D eigenvalue weighted by atomic mass is 16.3. The van der Waals surface area contributed by atoms with Gasteiger partial charge in [-0.15, -0.1) is 0 Å². The summed E-state index contributed by atoms with van der Waals surface area (Å²) < 4.78 is 0. The van der Waals surface area contributed by atoms with Gasteiger partial charge in [-0.25, -0.2) is 0 Å². The Balaban J connectivity index is 1.87. The Bertz CT molecular complexity index is 691. The summed E-state index contributed by atoms with van der Waals surface area (Å²) in [6.07, 6.45) is 2.42. The second-order valence-corrected chi connectivity index (χ2v) is 7.81. The lowest BCUT2D eigenvalue weighted by atomic mass is 9.69. The summed E-state index contributed by atoms with van der Waals surface area (Å²) in [5.41, 5.74) is 1.27. The van der Waals surface area contributed by atoms with Crippen LogP contribution in [0.1, 0.15) is 36.5 Å². The topological polar surface area (TPSA) is 64.1 Å². The van der Waals surface area contributed by atoms with E-state index in [1.54, 1.807) is 6.92 Å². The molecule has 0 aromatic heterocycles. The molecule has 2 saturated heterocycles. The van der Waals surface area contributed by atoms with Crippen LogP contribution in [0, 0.1) is 5.41 Å². The first-order valence-corrected chi connectivity index (χ1v) is 9.33. The van der Waals surface area contributed by atoms with Gasteiger partial charge in [0.25, 0.3) is 5.91 Å². The fourth-order valence-electron chi connectivity index (χ4n) is 4.47. The highest BCUT2D eigenvalue weighted by molar-refractivity contribution is 5.95. The first-order valence-electron chi connectivity index (χ1n) is 9.33. The van der Waals surface area contributed by atoms with E-state index < -0.39 is 5.41 Å². The van der Waals surface area contributed by atoms with E-state index in [9.17, 15) is 14.7 Å². The molecule has 1 aromatic rings. The molecule has 3 rings (SSSR count). The van der Waals surface area contributed by atoms with Crippen LogP contribution in [0.3, 0.4) is 0 Å². The van der Waals surface area contributed by atoms with Gasteiger partial charge < -0.3 is 19.8 Å². The molecule has 6 nitrogen and oxygen atoms in total. The molecule has 26 heavy (non-hydrogen) atoms. The van der Waals surface area contributed by atoms with Gasteiger partial charge in [0.1, 0.15) is 0 Å². The predicted octanol–water partition coefficient (Wildman–Crippen LogP) is 1.59. The number of carbonyl (C=O) groups is 2. The van der Waals surface area contributed by atoms with E-state index in [1.165, 1.54) is 0 Å². The number of nitrogens with zero attached hydrogens (tertiary/aromatic N) is 3. The van der Waals surface area contributed by atoms with Crippen molar-refractivity contribution in [2.45, 2.75) is 32.2 Å². The largest absolute Gasteiger partial charge is 0.396 e. The lowest BCUT2D eigenvalue weighted by Crippen LogP contribution is -2.64. The summed E-state index contributed by atoms with van der Waals surface area (Å²) in [6.45, 7) is 3.46. The van der Waals surface area contributed by atoms with E-state index in [1.807, 2.05) is 53.1 Å². The molecule has 0 spiro atoms. The minimum Gasteiger partial charge on any atom is -0.396 e. The number of hydrogen-bond donors (Lipinski definition) is 1. The van der Waals surface area contributed by atoms with Crippen LogP contribution in [0.15, 0.2) is 24.3 Å². The number of likely N-dealkylation sites (tertiary alicyclic amines) is 2. The quantitative estimate of drug-likeness (QED) is 0.890. The van der Waals surface area contributed by atoms with E-state index in [0.29, 0.717) is 25.2 Å². The van der Waals surface area contributed by atoms with Crippen molar-refractivity contribution in [3.05, 3.63) is 29.8 Å². The molecule has 0 aliphatic carbocycles. The van der Waals surface area contributed by atoms with Crippen LogP contribution in [-0.2, 0) is 4.79 Å². The summed E-state index contributed by atoms with van der Waals surface area (Å²) in [5, 5.41) is 10.2. The highest BCUT2D eigenvalue weighted by Gasteiger charge is 2.49. The van der Waals surface area contributed by atoms with Gasteiger partial charge in [0, 0.05) is 63.4 Å². The Morgan fingerprint density at radius 2 is 2.08 bits per heavy atom. The standard InChI is InChI=1S/C20H29N3O3/c1-15(25)22-11-8-18-20(13-22,14-24)9-5-10-23(18)19(26)16-6-4-7-17(12-16)21(2)3/h4,6-7,12,18,24H,5,8-11,13-14H2,1-3H3/t18-,20-/m0/s1. The van der Waals surface area contributed by atoms with Gasteiger partial charge in [-0.2, -0.15) is 0 Å². The molecule has 0 unspecified atom stereocenters. The second-order valence-electron chi connectivity index (χ2n) is 7.81. The average molecular weight is 359 g/mol. The van der Waals surface area contributed by atoms with Gasteiger partial charge in [0.2, 0.25) is 5.91 Å². The van der Waals surface area contributed by atoms with Crippen molar-refractivity contribution in [2.24, 2.45) is 5.41 Å². The summed E-state index contributed by atoms with van der Waals surface area (Å²) in [7, 11) is 3.91. The van der Waals surface area contributed by atoms with Crippen molar-refractivity contribution in [1.29, 1.82) is 0 Å². The molecular formula is C20H29N3O3. The smallest absolute Gasteiger partial charge is 0.254 e. The zero-order valence-corrected chi connectivity index (χ0v) is 15.9. The highest BCUT2D eigenvalue weighted by Crippen LogP contribution is 2.41. The third kappa shape index (κ3) is 3.30. The molecule has 2 aliphatic rings. The van der Waals surface area contributed by atoms with E-state index in [4.69, 9.17) is 0 Å². The van der Waals surface area contributed by atoms with Crippen LogP contribution in [0.5, 0.6) is 0 Å². The fraction of sp³-hybridized carbons (Fsp3) is 0.600. The molecule has 0 bridgehead atoms. The Labute approximate surface area is 155 Å². The number of anilines is 1. The SMILES string of the molecule is CC(=O)N1CC[C@@H]2N(C(=O)c3cccc(N(C)C)c3)CCC[C@@]2(CO)C1. The van der Waals surface area contributed by atoms with Crippen molar-refractivity contribution < 1.29 is 14.7 Å². The number of amides is 2. The minimum atomic E-state index is -0.406. The van der Waals surface area contributed by atoms with Crippen molar-refractivity contribution in [1.82, 2.24) is 9.80 Å². The molecule has 0 radical (unpaired) electrons. The zero-order valence-electron chi connectivity index (χ0n) is 15.9. The van der Waals surface area contributed by atoms with Gasteiger partial charge in [-0.05, 0) is 37.5 Å². The average Bonchev–Trinajstić information content (AvgIpc) is 2.66. The first-order chi connectivity index (χ1) is 12.4. The molecule has 6 heteroatoms. The number of benzene rings is 1. The molecule has 1 N–H and O–H groups in total. The second kappa shape index (κ2) is 7.27. The van der Waals surface area contributed by atoms with Gasteiger partial charge in [0.05, 0.1) is 6.61 Å². The van der Waals surface area contributed by atoms with Gasteiger partial charge in [0.15, 0.2) is 0 Å². The minimum absolute atomic E-state index is 0.00294. The van der Waals surface area contributed by atoms with Gasteiger partial charge >= 0.3 is 0 Å². The molecule has 2 heterocycles. The van der Waals surface area contributed by atoms with Gasteiger partial charge in [-0.1, -0.05) is 6.07 Å². The van der Waals surface area contributed by atoms with E-state index in [-0.39, 0.29) is 24.5 Å². The molecule has 1 aromatic carbocycles. The lowest BCUT2D eigenvalue weighted by Gasteiger charge is -2.54. The lowest BCUT2D eigenvalue weighted by molar-refractivity contribution is -0.138. The normalized spacial score (nSPS) is 25.6. The maximum absolute atomic E-state index is 13.2. The van der Waals surface area contributed by atoms with Crippen LogP contribution in [0.25, 0.3) is 0 Å².